The van der Waals surface area contributed by atoms with Crippen molar-refractivity contribution < 1.29 is 32.2 Å². The number of carbonyl (C=O) groups is 1. The van der Waals surface area contributed by atoms with Gasteiger partial charge in [-0.2, -0.15) is 0 Å². The number of nitrogens with one attached hydrogen (secondary N) is 1. The van der Waals surface area contributed by atoms with Crippen molar-refractivity contribution in [1.29, 1.82) is 0 Å². The molecule has 1 N–H and O–H groups in total. The third-order valence-electron chi connectivity index (χ3n) is 1.93. The lowest BCUT2D eigenvalue weighted by Crippen LogP contribution is -2.26. The molecule has 0 aliphatic heterocycles. The zero-order valence-corrected chi connectivity index (χ0v) is 9.96. The average molecular weight is 281 g/mol. The molecule has 19 heavy (non-hydrogen) atoms. The first-order valence-electron chi connectivity index (χ1n) is 5.02. The molecule has 0 bridgehead atoms. The van der Waals surface area contributed by atoms with Crippen LogP contribution in [0.15, 0.2) is 11.0 Å². The van der Waals surface area contributed by atoms with E-state index in [1.807, 2.05) is 0 Å². The van der Waals surface area contributed by atoms with E-state index in [0.29, 0.717) is 0 Å². The fourth-order valence-corrected chi connectivity index (χ4v) is 1.25. The Bertz CT molecular complexity index is 523. The number of alkyl halides is 3. The molecule has 6 nitrogen and oxygen atoms in total. The minimum atomic E-state index is -5.08. The number of methoxy groups -OCH3 is 1. The molecule has 0 saturated carbocycles. The first kappa shape index (κ1) is 14.9. The van der Waals surface area contributed by atoms with E-state index >= 15 is 0 Å². The summed E-state index contributed by atoms with van der Waals surface area (Å²) in [7, 11) is 1.06. The molecule has 0 amide bonds. The number of rotatable bonds is 4. The molecule has 0 unspecified atom stereocenters. The molecule has 1 aromatic rings. The van der Waals surface area contributed by atoms with E-state index in [2.05, 4.69) is 19.2 Å². The molecule has 1 heterocycles. The van der Waals surface area contributed by atoms with Crippen molar-refractivity contribution in [2.24, 2.45) is 0 Å². The lowest BCUT2D eigenvalue weighted by Gasteiger charge is -2.14. The molecular weight excluding hydrogens is 271 g/mol. The summed E-state index contributed by atoms with van der Waals surface area (Å²) >= 11 is 0. The first-order chi connectivity index (χ1) is 8.80. The predicted molar refractivity (Wildman–Crippen MR) is 56.3 cm³/mol. The second kappa shape index (κ2) is 5.63. The lowest BCUT2D eigenvalue weighted by molar-refractivity contribution is -0.275. The molecule has 0 spiro atoms. The summed E-state index contributed by atoms with van der Waals surface area (Å²) < 4.78 is 49.6. The Labute approximate surface area is 105 Å². The molecule has 0 atom stereocenters. The summed E-state index contributed by atoms with van der Waals surface area (Å²) in [4.78, 5) is 25.0. The number of H-pyrrole nitrogens is 1. The molecule has 106 valence electrons. The van der Waals surface area contributed by atoms with E-state index in [1.54, 1.807) is 0 Å². The number of hydrogen-bond donors (Lipinski definition) is 1. The maximum Gasteiger partial charge on any atom is 0.573 e. The van der Waals surface area contributed by atoms with Gasteiger partial charge in [0, 0.05) is 0 Å². The normalized spacial score (nSPS) is 11.0. The summed E-state index contributed by atoms with van der Waals surface area (Å²) in [6, 6.07) is 0. The summed E-state index contributed by atoms with van der Waals surface area (Å²) in [5, 5.41) is 0. The van der Waals surface area contributed by atoms with Gasteiger partial charge in [0.2, 0.25) is 0 Å². The number of aromatic nitrogens is 1. The summed E-state index contributed by atoms with van der Waals surface area (Å²) in [6.07, 6.45) is -4.23. The van der Waals surface area contributed by atoms with Crippen LogP contribution in [-0.4, -0.2) is 31.0 Å². The fourth-order valence-electron chi connectivity index (χ4n) is 1.25. The maximum absolute atomic E-state index is 12.3. The van der Waals surface area contributed by atoms with Crippen LogP contribution in [0.25, 0.3) is 0 Å². The van der Waals surface area contributed by atoms with Gasteiger partial charge in [0.05, 0.1) is 19.9 Å². The second-order valence-electron chi connectivity index (χ2n) is 3.16. The Morgan fingerprint density at radius 1 is 1.42 bits per heavy atom. The van der Waals surface area contributed by atoms with Gasteiger partial charge in [-0.15, -0.1) is 13.2 Å². The Balaban J connectivity index is 3.41. The minimum absolute atomic E-state index is 0.110. The number of aromatic amines is 1. The van der Waals surface area contributed by atoms with Gasteiger partial charge in [0.15, 0.2) is 17.1 Å². The Morgan fingerprint density at radius 3 is 2.53 bits per heavy atom. The van der Waals surface area contributed by atoms with Crippen molar-refractivity contribution in [3.63, 3.8) is 0 Å². The van der Waals surface area contributed by atoms with Gasteiger partial charge >= 0.3 is 12.3 Å². The number of esters is 1. The largest absolute Gasteiger partial charge is 0.573 e. The molecule has 0 aliphatic carbocycles. The van der Waals surface area contributed by atoms with Crippen LogP contribution in [0.3, 0.4) is 0 Å². The van der Waals surface area contributed by atoms with Crippen LogP contribution >= 0.6 is 0 Å². The molecule has 0 aliphatic rings. The Morgan fingerprint density at radius 2 is 2.05 bits per heavy atom. The van der Waals surface area contributed by atoms with Crippen LogP contribution in [0.2, 0.25) is 0 Å². The zero-order valence-electron chi connectivity index (χ0n) is 9.96. The third kappa shape index (κ3) is 3.63. The van der Waals surface area contributed by atoms with E-state index in [1.165, 1.54) is 6.92 Å². The molecular formula is C10H10F3NO5. The summed E-state index contributed by atoms with van der Waals surface area (Å²) in [5.41, 5.74) is -1.97. The molecule has 0 saturated heterocycles. The van der Waals surface area contributed by atoms with Crippen LogP contribution in [0.4, 0.5) is 13.2 Å². The first-order valence-corrected chi connectivity index (χ1v) is 5.02. The number of carbonyl (C=O) groups excluding carboxylic acids is 1. The maximum atomic E-state index is 12.3. The fraction of sp³-hybridized carbons (Fsp3) is 0.400. The van der Waals surface area contributed by atoms with Gasteiger partial charge in [-0.25, -0.2) is 4.79 Å². The van der Waals surface area contributed by atoms with E-state index in [0.717, 1.165) is 13.3 Å². The molecule has 0 aromatic carbocycles. The van der Waals surface area contributed by atoms with Gasteiger partial charge in [-0.05, 0) is 6.92 Å². The second-order valence-corrected chi connectivity index (χ2v) is 3.16. The highest BCUT2D eigenvalue weighted by molar-refractivity contribution is 5.93. The molecule has 1 rings (SSSR count). The highest BCUT2D eigenvalue weighted by Crippen LogP contribution is 2.33. The monoisotopic (exact) mass is 281 g/mol. The topological polar surface area (TPSA) is 77.6 Å². The van der Waals surface area contributed by atoms with Crippen LogP contribution in [-0.2, 0) is 4.74 Å². The van der Waals surface area contributed by atoms with Crippen molar-refractivity contribution >= 4 is 5.97 Å². The predicted octanol–water partition coefficient (Wildman–Crippen LogP) is 1.46. The van der Waals surface area contributed by atoms with Crippen molar-refractivity contribution in [3.05, 3.63) is 22.1 Å². The molecule has 0 fully saturated rings. The van der Waals surface area contributed by atoms with E-state index in [4.69, 9.17) is 0 Å². The molecule has 0 radical (unpaired) electrons. The highest BCUT2D eigenvalue weighted by Gasteiger charge is 2.36. The number of pyridine rings is 1. The minimum Gasteiger partial charge on any atom is -0.491 e. The van der Waals surface area contributed by atoms with Crippen LogP contribution in [0.1, 0.15) is 17.3 Å². The van der Waals surface area contributed by atoms with Crippen molar-refractivity contribution in [2.45, 2.75) is 13.3 Å². The standard InChI is InChI=1S/C10H10F3NO5/c1-3-18-9(16)6-7(19-10(11,12)13)5(17-2)4-14-8(6)15/h4H,3H2,1-2H3,(H,14,15). The highest BCUT2D eigenvalue weighted by atomic mass is 19.4. The third-order valence-corrected chi connectivity index (χ3v) is 1.93. The lowest BCUT2D eigenvalue weighted by atomic mass is 10.2. The Hall–Kier alpha value is -2.19. The zero-order chi connectivity index (χ0) is 14.6. The van der Waals surface area contributed by atoms with Gasteiger partial charge in [-0.3, -0.25) is 4.79 Å². The van der Waals surface area contributed by atoms with Crippen LogP contribution < -0.4 is 15.0 Å². The van der Waals surface area contributed by atoms with Crippen molar-refractivity contribution in [1.82, 2.24) is 4.98 Å². The van der Waals surface area contributed by atoms with Crippen molar-refractivity contribution in [3.8, 4) is 11.5 Å². The Kier molecular flexibility index (Phi) is 4.41. The smallest absolute Gasteiger partial charge is 0.491 e. The van der Waals surface area contributed by atoms with Gasteiger partial charge in [-0.1, -0.05) is 0 Å². The molecule has 1 aromatic heterocycles. The van der Waals surface area contributed by atoms with Crippen LogP contribution in [0, 0.1) is 0 Å². The summed E-state index contributed by atoms with van der Waals surface area (Å²) in [5.74, 6) is -2.71. The van der Waals surface area contributed by atoms with E-state index in [-0.39, 0.29) is 6.61 Å². The summed E-state index contributed by atoms with van der Waals surface area (Å²) in [6.45, 7) is 1.33. The number of ether oxygens (including phenoxy) is 3. The number of hydrogen-bond acceptors (Lipinski definition) is 5. The average Bonchev–Trinajstić information content (AvgIpc) is 2.27. The SMILES string of the molecule is CCOC(=O)c1c(OC(F)(F)F)c(OC)c[nH]c1=O. The van der Waals surface area contributed by atoms with Crippen LogP contribution in [0.5, 0.6) is 11.5 Å². The van der Waals surface area contributed by atoms with Gasteiger partial charge < -0.3 is 19.2 Å². The molecule has 9 heteroatoms. The number of halogens is 3. The van der Waals surface area contributed by atoms with Crippen molar-refractivity contribution in [2.75, 3.05) is 13.7 Å². The van der Waals surface area contributed by atoms with E-state index in [9.17, 15) is 22.8 Å². The van der Waals surface area contributed by atoms with Gasteiger partial charge in [0.1, 0.15) is 0 Å². The quantitative estimate of drug-likeness (QED) is 0.845. The van der Waals surface area contributed by atoms with Gasteiger partial charge in [0.25, 0.3) is 5.56 Å². The van der Waals surface area contributed by atoms with E-state index < -0.39 is 35.0 Å².